The molecule has 19 heavy (non-hydrogen) atoms. The summed E-state index contributed by atoms with van der Waals surface area (Å²) in [6, 6.07) is 9.70. The van der Waals surface area contributed by atoms with Crippen LogP contribution >= 0.6 is 23.2 Å². The van der Waals surface area contributed by atoms with Crippen LogP contribution in [0.1, 0.15) is 11.7 Å². The second-order valence-electron chi connectivity index (χ2n) is 4.29. The Bertz CT molecular complexity index is 633. The average Bonchev–Trinajstić information content (AvgIpc) is 2.38. The van der Waals surface area contributed by atoms with E-state index >= 15 is 0 Å². The first-order valence-corrected chi connectivity index (χ1v) is 6.54. The zero-order valence-electron chi connectivity index (χ0n) is 9.79. The van der Waals surface area contributed by atoms with Gasteiger partial charge in [0.2, 0.25) is 0 Å². The van der Waals surface area contributed by atoms with Crippen molar-refractivity contribution >= 4 is 28.9 Å². The van der Waals surface area contributed by atoms with Crippen LogP contribution < -0.4 is 10.1 Å². The van der Waals surface area contributed by atoms with Gasteiger partial charge in [0, 0.05) is 16.7 Å². The van der Waals surface area contributed by atoms with E-state index in [1.54, 1.807) is 18.2 Å². The number of halogens is 3. The van der Waals surface area contributed by atoms with E-state index in [0.29, 0.717) is 22.3 Å². The number of rotatable bonds is 1. The van der Waals surface area contributed by atoms with Crippen molar-refractivity contribution in [3.05, 3.63) is 57.8 Å². The van der Waals surface area contributed by atoms with Crippen molar-refractivity contribution < 1.29 is 9.13 Å². The molecule has 1 N–H and O–H groups in total. The van der Waals surface area contributed by atoms with E-state index in [1.165, 1.54) is 12.1 Å². The predicted molar refractivity (Wildman–Crippen MR) is 74.7 cm³/mol. The first-order valence-electron chi connectivity index (χ1n) is 5.78. The zero-order valence-corrected chi connectivity index (χ0v) is 11.3. The highest BCUT2D eigenvalue weighted by molar-refractivity contribution is 6.31. The molecule has 1 aliphatic heterocycles. The Labute approximate surface area is 120 Å². The molecule has 0 aromatic heterocycles. The second kappa shape index (κ2) is 4.91. The molecule has 1 aliphatic rings. The first kappa shape index (κ1) is 12.6. The summed E-state index contributed by atoms with van der Waals surface area (Å²) in [5.74, 6) is 0.310. The highest BCUT2D eigenvalue weighted by atomic mass is 35.5. The van der Waals surface area contributed by atoms with Gasteiger partial charge in [-0.15, -0.1) is 0 Å². The number of benzene rings is 2. The van der Waals surface area contributed by atoms with Gasteiger partial charge in [0.15, 0.2) is 0 Å². The Morgan fingerprint density at radius 2 is 2.00 bits per heavy atom. The zero-order chi connectivity index (χ0) is 13.4. The van der Waals surface area contributed by atoms with Crippen molar-refractivity contribution in [3.63, 3.8) is 0 Å². The quantitative estimate of drug-likeness (QED) is 0.825. The molecule has 0 fully saturated rings. The van der Waals surface area contributed by atoms with Crippen LogP contribution in [0.2, 0.25) is 10.0 Å². The average molecular weight is 298 g/mol. The summed E-state index contributed by atoms with van der Waals surface area (Å²) in [5.41, 5.74) is 1.64. The van der Waals surface area contributed by atoms with Crippen molar-refractivity contribution in [2.24, 2.45) is 0 Å². The lowest BCUT2D eigenvalue weighted by Gasteiger charge is -2.28. The molecule has 1 heterocycles. The highest BCUT2D eigenvalue weighted by Crippen LogP contribution is 2.37. The lowest BCUT2D eigenvalue weighted by molar-refractivity contribution is 0.210. The number of hydrogen-bond donors (Lipinski definition) is 1. The maximum absolute atomic E-state index is 13.0. The monoisotopic (exact) mass is 297 g/mol. The van der Waals surface area contributed by atoms with Crippen LogP contribution in [0.4, 0.5) is 10.1 Å². The summed E-state index contributed by atoms with van der Waals surface area (Å²) in [4.78, 5) is 0. The molecule has 2 nitrogen and oxygen atoms in total. The van der Waals surface area contributed by atoms with Crippen LogP contribution in [0.5, 0.6) is 5.75 Å². The van der Waals surface area contributed by atoms with Crippen LogP contribution in [0.25, 0.3) is 0 Å². The maximum Gasteiger partial charge on any atom is 0.144 e. The number of fused-ring (bicyclic) bond motifs is 1. The fraction of sp³-hybridized carbons (Fsp3) is 0.143. The Hall–Kier alpha value is -1.45. The normalized spacial score (nSPS) is 17.3. The summed E-state index contributed by atoms with van der Waals surface area (Å²) in [6.45, 7) is 0.569. The third-order valence-electron chi connectivity index (χ3n) is 3.00. The molecule has 0 saturated heterocycles. The summed E-state index contributed by atoms with van der Waals surface area (Å²) in [5, 5.41) is 4.21. The van der Waals surface area contributed by atoms with Gasteiger partial charge >= 0.3 is 0 Å². The third kappa shape index (κ3) is 2.48. The fourth-order valence-corrected chi connectivity index (χ4v) is 2.52. The minimum Gasteiger partial charge on any atom is -0.482 e. The molecule has 5 heteroatoms. The van der Waals surface area contributed by atoms with E-state index in [1.807, 2.05) is 6.07 Å². The highest BCUT2D eigenvalue weighted by Gasteiger charge is 2.23. The molecule has 0 radical (unpaired) electrons. The van der Waals surface area contributed by atoms with Crippen LogP contribution in [0, 0.1) is 5.82 Å². The fourth-order valence-electron chi connectivity index (χ4n) is 2.07. The Balaban J connectivity index is 1.93. The predicted octanol–water partition coefficient (Wildman–Crippen LogP) is 4.68. The molecule has 0 amide bonds. The number of ether oxygens (including phenoxy) is 1. The molecule has 0 bridgehead atoms. The number of hydrogen-bond acceptors (Lipinski definition) is 2. The minimum atomic E-state index is -0.360. The van der Waals surface area contributed by atoms with Crippen molar-refractivity contribution in [3.8, 4) is 5.75 Å². The summed E-state index contributed by atoms with van der Waals surface area (Å²) in [6.07, 6.45) is -0.265. The van der Waals surface area contributed by atoms with Crippen LogP contribution in [0.3, 0.4) is 0 Å². The van der Waals surface area contributed by atoms with Gasteiger partial charge in [-0.25, -0.2) is 4.39 Å². The molecule has 1 atom stereocenters. The van der Waals surface area contributed by atoms with E-state index in [0.717, 1.165) is 11.3 Å². The maximum atomic E-state index is 13.0. The lowest BCUT2D eigenvalue weighted by atomic mass is 10.1. The molecule has 2 aromatic rings. The molecular formula is C14H10Cl2FNO. The second-order valence-corrected chi connectivity index (χ2v) is 5.14. The first-order chi connectivity index (χ1) is 9.13. The molecule has 98 valence electrons. The summed E-state index contributed by atoms with van der Waals surface area (Å²) < 4.78 is 18.9. The van der Waals surface area contributed by atoms with Gasteiger partial charge in [-0.1, -0.05) is 29.3 Å². The van der Waals surface area contributed by atoms with Crippen molar-refractivity contribution in [2.45, 2.75) is 6.10 Å². The van der Waals surface area contributed by atoms with Gasteiger partial charge in [0.1, 0.15) is 17.7 Å². The molecule has 0 aliphatic carbocycles. The standard InChI is InChI=1S/C14H10Cl2FNO/c15-8-1-4-12-13(5-8)19-14(7-18-12)10-3-2-9(17)6-11(10)16/h1-6,14,18H,7H2. The lowest BCUT2D eigenvalue weighted by Crippen LogP contribution is -2.23. The topological polar surface area (TPSA) is 21.3 Å². The van der Waals surface area contributed by atoms with E-state index in [2.05, 4.69) is 5.32 Å². The number of anilines is 1. The summed E-state index contributed by atoms with van der Waals surface area (Å²) in [7, 11) is 0. The van der Waals surface area contributed by atoms with Gasteiger partial charge in [-0.3, -0.25) is 0 Å². The van der Waals surface area contributed by atoms with Crippen LogP contribution in [0.15, 0.2) is 36.4 Å². The van der Waals surface area contributed by atoms with Gasteiger partial charge in [0.25, 0.3) is 0 Å². The van der Waals surface area contributed by atoms with Crippen molar-refractivity contribution in [2.75, 3.05) is 11.9 Å². The van der Waals surface area contributed by atoms with Gasteiger partial charge in [0.05, 0.1) is 17.3 Å². The molecule has 0 saturated carbocycles. The van der Waals surface area contributed by atoms with Crippen molar-refractivity contribution in [1.29, 1.82) is 0 Å². The Morgan fingerprint density at radius 3 is 2.79 bits per heavy atom. The summed E-state index contributed by atoms with van der Waals surface area (Å²) >= 11 is 12.0. The van der Waals surface area contributed by atoms with E-state index < -0.39 is 0 Å². The van der Waals surface area contributed by atoms with E-state index in [-0.39, 0.29) is 11.9 Å². The largest absolute Gasteiger partial charge is 0.482 e. The molecule has 1 unspecified atom stereocenters. The molecule has 0 spiro atoms. The molecular weight excluding hydrogens is 288 g/mol. The SMILES string of the molecule is Fc1ccc(C2CNc3ccc(Cl)cc3O2)c(Cl)c1. The number of nitrogens with one attached hydrogen (secondary N) is 1. The van der Waals surface area contributed by atoms with E-state index in [4.69, 9.17) is 27.9 Å². The Morgan fingerprint density at radius 1 is 1.16 bits per heavy atom. The van der Waals surface area contributed by atoms with Crippen molar-refractivity contribution in [1.82, 2.24) is 0 Å². The van der Waals surface area contributed by atoms with Crippen LogP contribution in [-0.4, -0.2) is 6.54 Å². The van der Waals surface area contributed by atoms with Gasteiger partial charge in [-0.05, 0) is 24.3 Å². The van der Waals surface area contributed by atoms with Crippen LogP contribution in [-0.2, 0) is 0 Å². The Kier molecular flexibility index (Phi) is 3.25. The van der Waals surface area contributed by atoms with E-state index in [9.17, 15) is 4.39 Å². The third-order valence-corrected chi connectivity index (χ3v) is 3.56. The smallest absolute Gasteiger partial charge is 0.144 e. The minimum absolute atomic E-state index is 0.265. The molecule has 2 aromatic carbocycles. The van der Waals surface area contributed by atoms with Gasteiger partial charge in [-0.2, -0.15) is 0 Å². The molecule has 3 rings (SSSR count). The van der Waals surface area contributed by atoms with Gasteiger partial charge < -0.3 is 10.1 Å².